The summed E-state index contributed by atoms with van der Waals surface area (Å²) in [5, 5.41) is 3.00. The van der Waals surface area contributed by atoms with Crippen molar-refractivity contribution >= 4 is 17.5 Å². The van der Waals surface area contributed by atoms with Gasteiger partial charge in [-0.1, -0.05) is 69.3 Å². The zero-order valence-corrected chi connectivity index (χ0v) is 16.1. The standard InChI is InChI=1S/C22H28N2O2/c1-17(25)24(16-18-10-6-5-7-11-18)15-14-21(26)23-20-13-9-8-12-19(20)22(2,3)4/h5-13H,14-16H2,1-4H3,(H,23,26). The van der Waals surface area contributed by atoms with Gasteiger partial charge < -0.3 is 10.2 Å². The summed E-state index contributed by atoms with van der Waals surface area (Å²) in [6.45, 7) is 8.81. The van der Waals surface area contributed by atoms with Crippen molar-refractivity contribution in [2.75, 3.05) is 11.9 Å². The lowest BCUT2D eigenvalue weighted by Crippen LogP contribution is -2.31. The zero-order valence-electron chi connectivity index (χ0n) is 16.1. The average molecular weight is 352 g/mol. The quantitative estimate of drug-likeness (QED) is 0.840. The lowest BCUT2D eigenvalue weighted by Gasteiger charge is -2.24. The third-order valence-corrected chi connectivity index (χ3v) is 4.28. The molecule has 2 amide bonds. The lowest BCUT2D eigenvalue weighted by atomic mass is 9.86. The van der Waals surface area contributed by atoms with Gasteiger partial charge >= 0.3 is 0 Å². The van der Waals surface area contributed by atoms with Crippen LogP contribution in [-0.2, 0) is 21.5 Å². The van der Waals surface area contributed by atoms with Crippen LogP contribution >= 0.6 is 0 Å². The Morgan fingerprint density at radius 1 is 0.962 bits per heavy atom. The number of anilines is 1. The maximum absolute atomic E-state index is 12.4. The van der Waals surface area contributed by atoms with Crippen molar-refractivity contribution in [2.24, 2.45) is 0 Å². The van der Waals surface area contributed by atoms with Crippen molar-refractivity contribution in [2.45, 2.75) is 46.1 Å². The summed E-state index contributed by atoms with van der Waals surface area (Å²) in [7, 11) is 0. The van der Waals surface area contributed by atoms with Gasteiger partial charge in [-0.25, -0.2) is 0 Å². The fourth-order valence-electron chi connectivity index (χ4n) is 2.85. The summed E-state index contributed by atoms with van der Waals surface area (Å²) in [6, 6.07) is 17.7. The average Bonchev–Trinajstić information content (AvgIpc) is 2.58. The summed E-state index contributed by atoms with van der Waals surface area (Å²) in [5.41, 5.74) is 2.94. The van der Waals surface area contributed by atoms with Gasteiger partial charge in [-0.2, -0.15) is 0 Å². The predicted molar refractivity (Wildman–Crippen MR) is 106 cm³/mol. The molecule has 0 spiro atoms. The zero-order chi connectivity index (χ0) is 19.2. The molecule has 2 aromatic carbocycles. The number of amides is 2. The molecule has 0 heterocycles. The SMILES string of the molecule is CC(=O)N(CCC(=O)Nc1ccccc1C(C)(C)C)Cc1ccccc1. The van der Waals surface area contributed by atoms with Crippen LogP contribution in [0, 0.1) is 0 Å². The van der Waals surface area contributed by atoms with Crippen LogP contribution in [0.3, 0.4) is 0 Å². The summed E-state index contributed by atoms with van der Waals surface area (Å²) >= 11 is 0. The highest BCUT2D eigenvalue weighted by Crippen LogP contribution is 2.29. The Balaban J connectivity index is 1.98. The minimum absolute atomic E-state index is 0.0308. The number of carbonyl (C=O) groups excluding carboxylic acids is 2. The Kier molecular flexibility index (Phi) is 6.56. The predicted octanol–water partition coefficient (Wildman–Crippen LogP) is 4.36. The second-order valence-corrected chi connectivity index (χ2v) is 7.52. The van der Waals surface area contributed by atoms with Gasteiger partial charge in [0.1, 0.15) is 0 Å². The van der Waals surface area contributed by atoms with E-state index in [4.69, 9.17) is 0 Å². The third kappa shape index (κ3) is 5.73. The normalized spacial score (nSPS) is 11.1. The van der Waals surface area contributed by atoms with Gasteiger partial charge in [0.2, 0.25) is 11.8 Å². The van der Waals surface area contributed by atoms with E-state index in [0.717, 1.165) is 16.8 Å². The lowest BCUT2D eigenvalue weighted by molar-refractivity contribution is -0.129. The molecule has 4 nitrogen and oxygen atoms in total. The van der Waals surface area contributed by atoms with E-state index in [2.05, 4.69) is 26.1 Å². The highest BCUT2D eigenvalue weighted by Gasteiger charge is 2.19. The Hall–Kier alpha value is -2.62. The van der Waals surface area contributed by atoms with E-state index in [1.807, 2.05) is 54.6 Å². The largest absolute Gasteiger partial charge is 0.338 e. The van der Waals surface area contributed by atoms with E-state index in [0.29, 0.717) is 13.1 Å². The molecular formula is C22H28N2O2. The molecule has 0 bridgehead atoms. The van der Waals surface area contributed by atoms with Crippen LogP contribution in [0.15, 0.2) is 54.6 Å². The molecule has 0 aromatic heterocycles. The minimum atomic E-state index is -0.0824. The fraction of sp³-hybridized carbons (Fsp3) is 0.364. The fourth-order valence-corrected chi connectivity index (χ4v) is 2.85. The molecule has 4 heteroatoms. The van der Waals surface area contributed by atoms with Crippen LogP contribution in [0.4, 0.5) is 5.69 Å². The Morgan fingerprint density at radius 2 is 1.58 bits per heavy atom. The molecule has 0 saturated heterocycles. The molecule has 0 fully saturated rings. The van der Waals surface area contributed by atoms with Crippen LogP contribution in [0.25, 0.3) is 0 Å². The molecule has 0 aliphatic heterocycles. The molecule has 0 radical (unpaired) electrons. The first-order valence-corrected chi connectivity index (χ1v) is 8.96. The van der Waals surface area contributed by atoms with Crippen molar-refractivity contribution in [3.8, 4) is 0 Å². The van der Waals surface area contributed by atoms with E-state index in [9.17, 15) is 9.59 Å². The summed E-state index contributed by atoms with van der Waals surface area (Å²) in [6.07, 6.45) is 0.269. The molecule has 1 N–H and O–H groups in total. The molecule has 138 valence electrons. The van der Waals surface area contributed by atoms with E-state index >= 15 is 0 Å². The second-order valence-electron chi connectivity index (χ2n) is 7.52. The molecule has 0 aliphatic rings. The van der Waals surface area contributed by atoms with Crippen molar-refractivity contribution in [1.82, 2.24) is 4.90 Å². The highest BCUT2D eigenvalue weighted by molar-refractivity contribution is 5.92. The molecule has 0 saturated carbocycles. The topological polar surface area (TPSA) is 49.4 Å². The highest BCUT2D eigenvalue weighted by atomic mass is 16.2. The number of carbonyl (C=O) groups is 2. The summed E-state index contributed by atoms with van der Waals surface area (Å²) < 4.78 is 0. The van der Waals surface area contributed by atoms with Gasteiger partial charge in [-0.05, 0) is 22.6 Å². The van der Waals surface area contributed by atoms with Crippen LogP contribution in [-0.4, -0.2) is 23.3 Å². The van der Waals surface area contributed by atoms with Crippen molar-refractivity contribution in [3.63, 3.8) is 0 Å². The second kappa shape index (κ2) is 8.65. The van der Waals surface area contributed by atoms with Crippen LogP contribution in [0.1, 0.15) is 45.2 Å². The molecule has 2 aromatic rings. The maximum atomic E-state index is 12.4. The first-order valence-electron chi connectivity index (χ1n) is 8.96. The van der Waals surface area contributed by atoms with Gasteiger partial charge in [-0.3, -0.25) is 9.59 Å². The Bertz CT molecular complexity index is 748. The van der Waals surface area contributed by atoms with Gasteiger partial charge in [0.05, 0.1) is 0 Å². The molecule has 0 unspecified atom stereocenters. The van der Waals surface area contributed by atoms with Crippen LogP contribution in [0.5, 0.6) is 0 Å². The monoisotopic (exact) mass is 352 g/mol. The number of nitrogens with one attached hydrogen (secondary N) is 1. The first-order chi connectivity index (χ1) is 12.3. The smallest absolute Gasteiger partial charge is 0.226 e. The number of para-hydroxylation sites is 1. The van der Waals surface area contributed by atoms with E-state index in [1.54, 1.807) is 4.90 Å². The number of nitrogens with zero attached hydrogens (tertiary/aromatic N) is 1. The molecule has 26 heavy (non-hydrogen) atoms. The molecule has 2 rings (SSSR count). The molecule has 0 atom stereocenters. The third-order valence-electron chi connectivity index (χ3n) is 4.28. The minimum Gasteiger partial charge on any atom is -0.338 e. The Morgan fingerprint density at radius 3 is 2.19 bits per heavy atom. The number of hydrogen-bond acceptors (Lipinski definition) is 2. The van der Waals surface area contributed by atoms with Gasteiger partial charge in [0.15, 0.2) is 0 Å². The van der Waals surface area contributed by atoms with Gasteiger partial charge in [0, 0.05) is 32.1 Å². The first kappa shape index (κ1) is 19.7. The van der Waals surface area contributed by atoms with Crippen molar-refractivity contribution in [1.29, 1.82) is 0 Å². The number of hydrogen-bond donors (Lipinski definition) is 1. The Labute approximate surface area is 156 Å². The number of rotatable bonds is 6. The van der Waals surface area contributed by atoms with Crippen molar-refractivity contribution in [3.05, 3.63) is 65.7 Å². The summed E-state index contributed by atoms with van der Waals surface area (Å²) in [5.74, 6) is -0.113. The van der Waals surface area contributed by atoms with Crippen LogP contribution in [0.2, 0.25) is 0 Å². The van der Waals surface area contributed by atoms with Crippen molar-refractivity contribution < 1.29 is 9.59 Å². The van der Waals surface area contributed by atoms with Gasteiger partial charge in [0.25, 0.3) is 0 Å². The molecular weight excluding hydrogens is 324 g/mol. The van der Waals surface area contributed by atoms with E-state index in [1.165, 1.54) is 6.92 Å². The van der Waals surface area contributed by atoms with Gasteiger partial charge in [-0.15, -0.1) is 0 Å². The molecule has 0 aliphatic carbocycles. The summed E-state index contributed by atoms with van der Waals surface area (Å²) in [4.78, 5) is 26.0. The maximum Gasteiger partial charge on any atom is 0.226 e. The van der Waals surface area contributed by atoms with Crippen LogP contribution < -0.4 is 5.32 Å². The van der Waals surface area contributed by atoms with E-state index in [-0.39, 0.29) is 23.7 Å². The van der Waals surface area contributed by atoms with E-state index < -0.39 is 0 Å². The number of benzene rings is 2.